The molecule has 3 nitrogen and oxygen atoms in total. The standard InChI is InChI=1S/C12H23NO2/c1-2-3-6-13-11-4-7-15-12(9-11)5-8-14-10-12/h11,13H,2-10H2,1H3. The zero-order chi connectivity index (χ0) is 10.6. The van der Waals surface area contributed by atoms with Gasteiger partial charge in [-0.15, -0.1) is 0 Å². The minimum Gasteiger partial charge on any atom is -0.378 e. The SMILES string of the molecule is CCCCNC1CCOC2(CCOC2)C1. The van der Waals surface area contributed by atoms with Crippen molar-refractivity contribution in [1.29, 1.82) is 0 Å². The van der Waals surface area contributed by atoms with Crippen LogP contribution >= 0.6 is 0 Å². The average molecular weight is 213 g/mol. The lowest BCUT2D eigenvalue weighted by Crippen LogP contribution is -2.47. The van der Waals surface area contributed by atoms with E-state index in [4.69, 9.17) is 9.47 Å². The van der Waals surface area contributed by atoms with E-state index in [1.54, 1.807) is 0 Å². The molecule has 2 aliphatic rings. The van der Waals surface area contributed by atoms with Gasteiger partial charge >= 0.3 is 0 Å². The van der Waals surface area contributed by atoms with Gasteiger partial charge in [-0.3, -0.25) is 0 Å². The summed E-state index contributed by atoms with van der Waals surface area (Å²) in [7, 11) is 0. The third-order valence-corrected chi connectivity index (χ3v) is 3.52. The molecule has 0 aliphatic carbocycles. The molecule has 2 aliphatic heterocycles. The highest BCUT2D eigenvalue weighted by atomic mass is 16.6. The molecule has 2 heterocycles. The number of rotatable bonds is 4. The van der Waals surface area contributed by atoms with Gasteiger partial charge in [-0.25, -0.2) is 0 Å². The van der Waals surface area contributed by atoms with Gasteiger partial charge in [0.15, 0.2) is 0 Å². The van der Waals surface area contributed by atoms with Crippen molar-refractivity contribution in [2.45, 2.75) is 50.7 Å². The van der Waals surface area contributed by atoms with Crippen LogP contribution in [0.1, 0.15) is 39.0 Å². The maximum absolute atomic E-state index is 5.90. The topological polar surface area (TPSA) is 30.5 Å². The lowest BCUT2D eigenvalue weighted by atomic mass is 9.89. The second-order valence-electron chi connectivity index (χ2n) is 4.83. The van der Waals surface area contributed by atoms with Gasteiger partial charge in [-0.05, 0) is 25.8 Å². The molecule has 0 amide bonds. The lowest BCUT2D eigenvalue weighted by molar-refractivity contribution is -0.0892. The molecule has 2 atom stereocenters. The van der Waals surface area contributed by atoms with Crippen LogP contribution in [0.3, 0.4) is 0 Å². The summed E-state index contributed by atoms with van der Waals surface area (Å²) in [4.78, 5) is 0. The van der Waals surface area contributed by atoms with E-state index in [1.165, 1.54) is 12.8 Å². The third-order valence-electron chi connectivity index (χ3n) is 3.52. The van der Waals surface area contributed by atoms with Crippen molar-refractivity contribution in [2.24, 2.45) is 0 Å². The highest BCUT2D eigenvalue weighted by Crippen LogP contribution is 2.32. The van der Waals surface area contributed by atoms with E-state index in [-0.39, 0.29) is 5.60 Å². The van der Waals surface area contributed by atoms with Crippen molar-refractivity contribution in [3.63, 3.8) is 0 Å². The molecule has 2 fully saturated rings. The van der Waals surface area contributed by atoms with E-state index >= 15 is 0 Å². The Labute approximate surface area is 92.5 Å². The highest BCUT2D eigenvalue weighted by Gasteiger charge is 2.40. The summed E-state index contributed by atoms with van der Waals surface area (Å²) in [5.41, 5.74) is 0.0577. The Morgan fingerprint density at radius 2 is 2.33 bits per heavy atom. The van der Waals surface area contributed by atoms with Crippen LogP contribution in [0.2, 0.25) is 0 Å². The van der Waals surface area contributed by atoms with Crippen LogP contribution in [0.5, 0.6) is 0 Å². The maximum atomic E-state index is 5.90. The predicted molar refractivity (Wildman–Crippen MR) is 60.1 cm³/mol. The van der Waals surface area contributed by atoms with E-state index < -0.39 is 0 Å². The second kappa shape index (κ2) is 5.28. The minimum atomic E-state index is 0.0577. The molecule has 0 saturated carbocycles. The Morgan fingerprint density at radius 3 is 3.07 bits per heavy atom. The molecule has 0 bridgehead atoms. The van der Waals surface area contributed by atoms with Gasteiger partial charge in [-0.2, -0.15) is 0 Å². The molecular weight excluding hydrogens is 190 g/mol. The first-order valence-corrected chi connectivity index (χ1v) is 6.30. The van der Waals surface area contributed by atoms with E-state index in [0.717, 1.165) is 45.6 Å². The Morgan fingerprint density at radius 1 is 1.40 bits per heavy atom. The quantitative estimate of drug-likeness (QED) is 0.721. The van der Waals surface area contributed by atoms with Gasteiger partial charge in [-0.1, -0.05) is 13.3 Å². The van der Waals surface area contributed by atoms with Crippen molar-refractivity contribution >= 4 is 0 Å². The summed E-state index contributed by atoms with van der Waals surface area (Å²) in [6, 6.07) is 0.645. The summed E-state index contributed by atoms with van der Waals surface area (Å²) < 4.78 is 11.4. The van der Waals surface area contributed by atoms with Gasteiger partial charge in [0.2, 0.25) is 0 Å². The Bertz CT molecular complexity index is 190. The van der Waals surface area contributed by atoms with Crippen LogP contribution in [-0.2, 0) is 9.47 Å². The Kier molecular flexibility index (Phi) is 4.00. The largest absolute Gasteiger partial charge is 0.378 e. The average Bonchev–Trinajstić information content (AvgIpc) is 2.67. The van der Waals surface area contributed by atoms with Gasteiger partial charge in [0.05, 0.1) is 12.2 Å². The number of nitrogens with one attached hydrogen (secondary N) is 1. The molecule has 0 aromatic rings. The van der Waals surface area contributed by atoms with Crippen molar-refractivity contribution in [1.82, 2.24) is 5.32 Å². The fraction of sp³-hybridized carbons (Fsp3) is 1.00. The molecule has 15 heavy (non-hydrogen) atoms. The molecule has 3 heteroatoms. The smallest absolute Gasteiger partial charge is 0.0951 e. The normalized spacial score (nSPS) is 36.2. The summed E-state index contributed by atoms with van der Waals surface area (Å²) in [6.07, 6.45) is 5.92. The molecule has 0 aromatic carbocycles. The predicted octanol–water partition coefficient (Wildman–Crippen LogP) is 1.71. The first kappa shape index (κ1) is 11.4. The highest BCUT2D eigenvalue weighted by molar-refractivity contribution is 4.92. The Hall–Kier alpha value is -0.120. The van der Waals surface area contributed by atoms with Crippen molar-refractivity contribution < 1.29 is 9.47 Å². The van der Waals surface area contributed by atoms with Crippen LogP contribution < -0.4 is 5.32 Å². The van der Waals surface area contributed by atoms with Crippen molar-refractivity contribution in [2.75, 3.05) is 26.4 Å². The van der Waals surface area contributed by atoms with Crippen LogP contribution in [0.25, 0.3) is 0 Å². The molecule has 88 valence electrons. The second-order valence-corrected chi connectivity index (χ2v) is 4.83. The molecule has 2 saturated heterocycles. The first-order valence-electron chi connectivity index (χ1n) is 6.30. The summed E-state index contributed by atoms with van der Waals surface area (Å²) in [5, 5.41) is 3.64. The van der Waals surface area contributed by atoms with Gasteiger partial charge < -0.3 is 14.8 Å². The molecule has 2 unspecified atom stereocenters. The lowest BCUT2D eigenvalue weighted by Gasteiger charge is -2.37. The number of hydrogen-bond donors (Lipinski definition) is 1. The van der Waals surface area contributed by atoms with Gasteiger partial charge in [0, 0.05) is 25.7 Å². The Balaban J connectivity index is 1.76. The fourth-order valence-corrected chi connectivity index (χ4v) is 2.55. The molecule has 0 radical (unpaired) electrons. The fourth-order valence-electron chi connectivity index (χ4n) is 2.55. The molecular formula is C12H23NO2. The minimum absolute atomic E-state index is 0.0577. The van der Waals surface area contributed by atoms with Crippen LogP contribution in [-0.4, -0.2) is 38.0 Å². The maximum Gasteiger partial charge on any atom is 0.0951 e. The number of ether oxygens (including phenoxy) is 2. The molecule has 0 aromatic heterocycles. The number of hydrogen-bond acceptors (Lipinski definition) is 3. The summed E-state index contributed by atoms with van der Waals surface area (Å²) in [5.74, 6) is 0. The molecule has 1 N–H and O–H groups in total. The van der Waals surface area contributed by atoms with Crippen LogP contribution in [0.15, 0.2) is 0 Å². The summed E-state index contributed by atoms with van der Waals surface area (Å²) in [6.45, 7) is 5.96. The van der Waals surface area contributed by atoms with Crippen LogP contribution in [0.4, 0.5) is 0 Å². The number of unbranched alkanes of at least 4 members (excludes halogenated alkanes) is 1. The van der Waals surface area contributed by atoms with Gasteiger partial charge in [0.1, 0.15) is 0 Å². The molecule has 2 rings (SSSR count). The summed E-state index contributed by atoms with van der Waals surface area (Å²) >= 11 is 0. The molecule has 1 spiro atoms. The van der Waals surface area contributed by atoms with Crippen molar-refractivity contribution in [3.8, 4) is 0 Å². The third kappa shape index (κ3) is 2.92. The van der Waals surface area contributed by atoms with E-state index in [0.29, 0.717) is 6.04 Å². The monoisotopic (exact) mass is 213 g/mol. The van der Waals surface area contributed by atoms with E-state index in [2.05, 4.69) is 12.2 Å². The zero-order valence-electron chi connectivity index (χ0n) is 9.76. The van der Waals surface area contributed by atoms with Gasteiger partial charge in [0.25, 0.3) is 0 Å². The van der Waals surface area contributed by atoms with E-state index in [1.807, 2.05) is 0 Å². The first-order chi connectivity index (χ1) is 7.35. The zero-order valence-corrected chi connectivity index (χ0v) is 9.76. The van der Waals surface area contributed by atoms with E-state index in [9.17, 15) is 0 Å². The van der Waals surface area contributed by atoms with Crippen LogP contribution in [0, 0.1) is 0 Å². The van der Waals surface area contributed by atoms with Crippen molar-refractivity contribution in [3.05, 3.63) is 0 Å².